The smallest absolute Gasteiger partial charge is 0.137 e. The van der Waals surface area contributed by atoms with Gasteiger partial charge in [-0.15, -0.1) is 0 Å². The molecule has 142 valence electrons. The lowest BCUT2D eigenvalue weighted by atomic mass is 10.1. The molecule has 0 spiro atoms. The second-order valence-corrected chi connectivity index (χ2v) is 6.77. The van der Waals surface area contributed by atoms with Crippen LogP contribution in [0.4, 0.5) is 0 Å². The number of methoxy groups -OCH3 is 2. The van der Waals surface area contributed by atoms with Crippen LogP contribution in [0, 0.1) is 0 Å². The van der Waals surface area contributed by atoms with E-state index in [1.54, 1.807) is 14.2 Å². The third-order valence-corrected chi connectivity index (χ3v) is 4.99. The molecule has 0 aliphatic carbocycles. The van der Waals surface area contributed by atoms with Crippen molar-refractivity contribution >= 4 is 0 Å². The zero-order chi connectivity index (χ0) is 18.6. The van der Waals surface area contributed by atoms with Crippen LogP contribution in [0.25, 0.3) is 11.4 Å². The number of ether oxygens (including phenoxy) is 2. The third-order valence-electron chi connectivity index (χ3n) is 4.99. The maximum atomic E-state index is 5.23. The minimum absolute atomic E-state index is 0.694. The average molecular weight is 367 g/mol. The molecule has 0 fully saturated rings. The number of hydrogen-bond acceptors (Lipinski definition) is 5. The first-order chi connectivity index (χ1) is 13.3. The standard InChI is InChI=1S/C20H25N5O2/c1-26-10-9-25-14-21-11-16(25)12-24-8-7-18-19(13-24)23-20(22-18)15-3-5-17(27-2)6-4-15/h3-6,11,14H,7-10,12-13H2,1-2H3,(H,22,23). The number of aromatic nitrogens is 4. The monoisotopic (exact) mass is 367 g/mol. The van der Waals surface area contributed by atoms with E-state index in [4.69, 9.17) is 14.5 Å². The van der Waals surface area contributed by atoms with Gasteiger partial charge in [0.25, 0.3) is 0 Å². The first kappa shape index (κ1) is 17.8. The Labute approximate surface area is 159 Å². The van der Waals surface area contributed by atoms with E-state index >= 15 is 0 Å². The van der Waals surface area contributed by atoms with Gasteiger partial charge in [0.15, 0.2) is 0 Å². The summed E-state index contributed by atoms with van der Waals surface area (Å²) in [5.41, 5.74) is 4.67. The van der Waals surface area contributed by atoms with Crippen LogP contribution in [0.2, 0.25) is 0 Å². The molecule has 1 aliphatic rings. The Morgan fingerprint density at radius 3 is 2.81 bits per heavy atom. The van der Waals surface area contributed by atoms with E-state index in [1.807, 2.05) is 36.8 Å². The van der Waals surface area contributed by atoms with E-state index in [0.717, 1.165) is 49.7 Å². The summed E-state index contributed by atoms with van der Waals surface area (Å²) in [5, 5.41) is 0. The molecule has 7 nitrogen and oxygen atoms in total. The van der Waals surface area contributed by atoms with E-state index in [2.05, 4.69) is 19.4 Å². The van der Waals surface area contributed by atoms with E-state index in [0.29, 0.717) is 6.61 Å². The number of fused-ring (bicyclic) bond motifs is 1. The Morgan fingerprint density at radius 1 is 1.19 bits per heavy atom. The largest absolute Gasteiger partial charge is 0.497 e. The van der Waals surface area contributed by atoms with Gasteiger partial charge in [-0.2, -0.15) is 0 Å². The second-order valence-electron chi connectivity index (χ2n) is 6.77. The van der Waals surface area contributed by atoms with Crippen molar-refractivity contribution in [1.29, 1.82) is 0 Å². The Hall–Kier alpha value is -2.64. The van der Waals surface area contributed by atoms with Gasteiger partial charge >= 0.3 is 0 Å². The van der Waals surface area contributed by atoms with Crippen molar-refractivity contribution in [2.45, 2.75) is 26.1 Å². The van der Waals surface area contributed by atoms with Gasteiger partial charge in [-0.25, -0.2) is 9.97 Å². The highest BCUT2D eigenvalue weighted by molar-refractivity contribution is 5.57. The van der Waals surface area contributed by atoms with Gasteiger partial charge in [0, 0.05) is 51.5 Å². The van der Waals surface area contributed by atoms with Crippen LogP contribution >= 0.6 is 0 Å². The van der Waals surface area contributed by atoms with Gasteiger partial charge in [-0.3, -0.25) is 4.90 Å². The molecule has 1 aromatic carbocycles. The van der Waals surface area contributed by atoms with Crippen LogP contribution in [0.3, 0.4) is 0 Å². The lowest BCUT2D eigenvalue weighted by molar-refractivity contribution is 0.183. The highest BCUT2D eigenvalue weighted by atomic mass is 16.5. The molecule has 3 aromatic rings. The third kappa shape index (κ3) is 3.89. The molecule has 0 unspecified atom stereocenters. The lowest BCUT2D eigenvalue weighted by Crippen LogP contribution is -2.31. The summed E-state index contributed by atoms with van der Waals surface area (Å²) < 4.78 is 12.6. The van der Waals surface area contributed by atoms with Crippen LogP contribution in [0.5, 0.6) is 5.75 Å². The fourth-order valence-corrected chi connectivity index (χ4v) is 3.47. The first-order valence-corrected chi connectivity index (χ1v) is 9.19. The fourth-order valence-electron chi connectivity index (χ4n) is 3.47. The molecule has 1 aliphatic heterocycles. The summed E-state index contributed by atoms with van der Waals surface area (Å²) in [6.07, 6.45) is 4.77. The van der Waals surface area contributed by atoms with Crippen LogP contribution in [0.15, 0.2) is 36.8 Å². The highest BCUT2D eigenvalue weighted by Crippen LogP contribution is 2.25. The van der Waals surface area contributed by atoms with Gasteiger partial charge in [0.05, 0.1) is 37.1 Å². The van der Waals surface area contributed by atoms with Crippen LogP contribution in [-0.2, 0) is 30.8 Å². The summed E-state index contributed by atoms with van der Waals surface area (Å²) in [4.78, 5) is 15.0. The molecule has 0 bridgehead atoms. The summed E-state index contributed by atoms with van der Waals surface area (Å²) >= 11 is 0. The Kier molecular flexibility index (Phi) is 5.22. The van der Waals surface area contributed by atoms with E-state index in [9.17, 15) is 0 Å². The van der Waals surface area contributed by atoms with Crippen molar-refractivity contribution in [3.63, 3.8) is 0 Å². The zero-order valence-corrected chi connectivity index (χ0v) is 15.8. The lowest BCUT2D eigenvalue weighted by Gasteiger charge is -2.26. The predicted molar refractivity (Wildman–Crippen MR) is 102 cm³/mol. The Morgan fingerprint density at radius 2 is 2.04 bits per heavy atom. The quantitative estimate of drug-likeness (QED) is 0.695. The van der Waals surface area contributed by atoms with Gasteiger partial charge in [-0.05, 0) is 24.3 Å². The van der Waals surface area contributed by atoms with Crippen LogP contribution < -0.4 is 4.74 Å². The van der Waals surface area contributed by atoms with Crippen molar-refractivity contribution in [1.82, 2.24) is 24.4 Å². The van der Waals surface area contributed by atoms with Gasteiger partial charge in [0.2, 0.25) is 0 Å². The molecule has 1 N–H and O–H groups in total. The molecule has 0 saturated carbocycles. The topological polar surface area (TPSA) is 68.2 Å². The summed E-state index contributed by atoms with van der Waals surface area (Å²) in [5.74, 6) is 1.78. The van der Waals surface area contributed by atoms with Gasteiger partial charge in [0.1, 0.15) is 11.6 Å². The van der Waals surface area contributed by atoms with E-state index in [-0.39, 0.29) is 0 Å². The molecule has 2 aromatic heterocycles. The molecular formula is C20H25N5O2. The molecule has 27 heavy (non-hydrogen) atoms. The zero-order valence-electron chi connectivity index (χ0n) is 15.8. The van der Waals surface area contributed by atoms with Crippen molar-refractivity contribution < 1.29 is 9.47 Å². The number of benzene rings is 1. The molecule has 7 heteroatoms. The summed E-state index contributed by atoms with van der Waals surface area (Å²) in [6, 6.07) is 8.00. The highest BCUT2D eigenvalue weighted by Gasteiger charge is 2.21. The molecule has 0 amide bonds. The van der Waals surface area contributed by atoms with Crippen molar-refractivity contribution in [3.05, 3.63) is 53.9 Å². The maximum absolute atomic E-state index is 5.23. The number of aromatic amines is 1. The second kappa shape index (κ2) is 7.94. The number of nitrogens with one attached hydrogen (secondary N) is 1. The minimum atomic E-state index is 0.694. The summed E-state index contributed by atoms with van der Waals surface area (Å²) in [7, 11) is 3.40. The molecule has 0 radical (unpaired) electrons. The van der Waals surface area contributed by atoms with Crippen molar-refractivity contribution in [3.8, 4) is 17.1 Å². The maximum Gasteiger partial charge on any atom is 0.137 e. The number of imidazole rings is 2. The van der Waals surface area contributed by atoms with Crippen LogP contribution in [-0.4, -0.2) is 51.8 Å². The molecule has 0 atom stereocenters. The number of nitrogens with zero attached hydrogens (tertiary/aromatic N) is 4. The molecular weight excluding hydrogens is 342 g/mol. The Balaban J connectivity index is 1.45. The van der Waals surface area contributed by atoms with Crippen LogP contribution in [0.1, 0.15) is 17.1 Å². The molecule has 0 saturated heterocycles. The number of H-pyrrole nitrogens is 1. The molecule has 3 heterocycles. The summed E-state index contributed by atoms with van der Waals surface area (Å²) in [6.45, 7) is 4.26. The number of hydrogen-bond donors (Lipinski definition) is 1. The molecule has 4 rings (SSSR count). The average Bonchev–Trinajstić information content (AvgIpc) is 3.32. The van der Waals surface area contributed by atoms with Gasteiger partial charge < -0.3 is 19.0 Å². The first-order valence-electron chi connectivity index (χ1n) is 9.19. The Bertz CT molecular complexity index is 884. The predicted octanol–water partition coefficient (Wildman–Crippen LogP) is 2.49. The van der Waals surface area contributed by atoms with Gasteiger partial charge in [-0.1, -0.05) is 0 Å². The minimum Gasteiger partial charge on any atom is -0.497 e. The normalized spacial score (nSPS) is 14.3. The fraction of sp³-hybridized carbons (Fsp3) is 0.400. The SMILES string of the molecule is COCCn1cncc1CN1CCc2nc(-c3ccc(OC)cc3)[nH]c2C1. The van der Waals surface area contributed by atoms with Crippen molar-refractivity contribution in [2.24, 2.45) is 0 Å². The number of rotatable bonds is 7. The van der Waals surface area contributed by atoms with Crippen molar-refractivity contribution in [2.75, 3.05) is 27.4 Å². The van der Waals surface area contributed by atoms with E-state index in [1.165, 1.54) is 17.1 Å². The van der Waals surface area contributed by atoms with E-state index < -0.39 is 0 Å².